The lowest BCUT2D eigenvalue weighted by atomic mass is 9.98. The second kappa shape index (κ2) is 12.0. The smallest absolute Gasteiger partial charge is 0.167 e. The first kappa shape index (κ1) is 26.3. The monoisotopic (exact) mass is 506 g/mol. The second-order valence-corrected chi connectivity index (χ2v) is 8.71. The van der Waals surface area contributed by atoms with E-state index in [1.54, 1.807) is 60.7 Å². The lowest BCUT2D eigenvalue weighted by Gasteiger charge is -2.13. The molecule has 0 saturated carbocycles. The van der Waals surface area contributed by atoms with Crippen LogP contribution in [0.15, 0.2) is 78.9 Å². The summed E-state index contributed by atoms with van der Waals surface area (Å²) in [6.07, 6.45) is 0.907. The number of rotatable bonds is 10. The SMILES string of the molecule is CCCC(O)c1ccc(-c2ccc(COc3ccc(-c4ccc(OCC)cc4F)cc3)c(F)c2F)cc1. The zero-order valence-corrected chi connectivity index (χ0v) is 20.8. The number of aliphatic hydroxyl groups excluding tert-OH is 1. The third-order valence-electron chi connectivity index (χ3n) is 6.14. The minimum absolute atomic E-state index is 0.0814. The fourth-order valence-electron chi connectivity index (χ4n) is 4.13. The van der Waals surface area contributed by atoms with Crippen LogP contribution >= 0.6 is 0 Å². The Morgan fingerprint density at radius 3 is 1.97 bits per heavy atom. The van der Waals surface area contributed by atoms with Crippen LogP contribution in [0.1, 0.15) is 43.9 Å². The highest BCUT2D eigenvalue weighted by Crippen LogP contribution is 2.30. The molecule has 1 atom stereocenters. The molecule has 37 heavy (non-hydrogen) atoms. The molecule has 0 fully saturated rings. The molecular formula is C31H29F3O3. The van der Waals surface area contributed by atoms with Crippen molar-refractivity contribution < 1.29 is 27.8 Å². The van der Waals surface area contributed by atoms with Gasteiger partial charge in [0.2, 0.25) is 0 Å². The van der Waals surface area contributed by atoms with Crippen LogP contribution in [0, 0.1) is 17.5 Å². The highest BCUT2D eigenvalue weighted by Gasteiger charge is 2.16. The van der Waals surface area contributed by atoms with Crippen LogP contribution in [0.2, 0.25) is 0 Å². The zero-order chi connectivity index (χ0) is 26.4. The highest BCUT2D eigenvalue weighted by molar-refractivity contribution is 5.66. The molecule has 0 saturated heterocycles. The summed E-state index contributed by atoms with van der Waals surface area (Å²) in [7, 11) is 0. The van der Waals surface area contributed by atoms with E-state index in [2.05, 4.69) is 0 Å². The van der Waals surface area contributed by atoms with Gasteiger partial charge in [0.25, 0.3) is 0 Å². The fourth-order valence-corrected chi connectivity index (χ4v) is 4.13. The molecule has 3 nitrogen and oxygen atoms in total. The molecule has 4 aromatic rings. The van der Waals surface area contributed by atoms with E-state index in [1.165, 1.54) is 18.2 Å². The number of hydrogen-bond acceptors (Lipinski definition) is 3. The lowest BCUT2D eigenvalue weighted by molar-refractivity contribution is 0.166. The molecule has 4 rings (SSSR count). The minimum Gasteiger partial charge on any atom is -0.494 e. The third kappa shape index (κ3) is 6.15. The molecule has 1 unspecified atom stereocenters. The van der Waals surface area contributed by atoms with Gasteiger partial charge in [0, 0.05) is 22.8 Å². The third-order valence-corrected chi connectivity index (χ3v) is 6.14. The first-order valence-corrected chi connectivity index (χ1v) is 12.3. The molecule has 0 amide bonds. The van der Waals surface area contributed by atoms with Crippen molar-refractivity contribution in [1.29, 1.82) is 0 Å². The van der Waals surface area contributed by atoms with Gasteiger partial charge in [-0.25, -0.2) is 13.2 Å². The van der Waals surface area contributed by atoms with Crippen LogP contribution in [0.3, 0.4) is 0 Å². The Hall–Kier alpha value is -3.77. The number of halogens is 3. The lowest BCUT2D eigenvalue weighted by Crippen LogP contribution is -2.02. The molecule has 0 radical (unpaired) electrons. The molecule has 0 bridgehead atoms. The summed E-state index contributed by atoms with van der Waals surface area (Å²) in [6.45, 7) is 4.11. The quantitative estimate of drug-likeness (QED) is 0.235. The van der Waals surface area contributed by atoms with Crippen molar-refractivity contribution in [3.8, 4) is 33.8 Å². The van der Waals surface area contributed by atoms with Crippen molar-refractivity contribution in [1.82, 2.24) is 0 Å². The van der Waals surface area contributed by atoms with Gasteiger partial charge in [-0.15, -0.1) is 0 Å². The average molecular weight is 507 g/mol. The molecule has 0 aliphatic carbocycles. The maximum absolute atomic E-state index is 14.9. The Balaban J connectivity index is 1.44. The van der Waals surface area contributed by atoms with Gasteiger partial charge < -0.3 is 14.6 Å². The fraction of sp³-hybridized carbons (Fsp3) is 0.226. The molecule has 0 aliphatic heterocycles. The van der Waals surface area contributed by atoms with Crippen molar-refractivity contribution in [3.05, 3.63) is 107 Å². The van der Waals surface area contributed by atoms with Crippen molar-refractivity contribution in [2.24, 2.45) is 0 Å². The second-order valence-electron chi connectivity index (χ2n) is 8.71. The molecule has 4 aromatic carbocycles. The van der Waals surface area contributed by atoms with E-state index in [1.807, 2.05) is 13.8 Å². The normalized spacial score (nSPS) is 11.8. The summed E-state index contributed by atoms with van der Waals surface area (Å²) in [6, 6.07) is 21.2. The van der Waals surface area contributed by atoms with Crippen LogP contribution in [0.5, 0.6) is 11.5 Å². The van der Waals surface area contributed by atoms with Gasteiger partial charge in [-0.2, -0.15) is 0 Å². The van der Waals surface area contributed by atoms with Gasteiger partial charge in [0.15, 0.2) is 11.6 Å². The van der Waals surface area contributed by atoms with E-state index in [0.717, 1.165) is 12.0 Å². The molecule has 0 spiro atoms. The Bertz CT molecular complexity index is 1340. The predicted octanol–water partition coefficient (Wildman–Crippen LogP) is 8.25. The first-order chi connectivity index (χ1) is 17.9. The van der Waals surface area contributed by atoms with Gasteiger partial charge in [-0.1, -0.05) is 61.9 Å². The van der Waals surface area contributed by atoms with Crippen molar-refractivity contribution in [2.45, 2.75) is 39.4 Å². The van der Waals surface area contributed by atoms with Gasteiger partial charge in [-0.05, 0) is 54.3 Å². The van der Waals surface area contributed by atoms with Crippen molar-refractivity contribution in [2.75, 3.05) is 6.61 Å². The number of aliphatic hydroxyl groups is 1. The molecule has 0 aliphatic rings. The van der Waals surface area contributed by atoms with Gasteiger partial charge in [0.1, 0.15) is 23.9 Å². The van der Waals surface area contributed by atoms with E-state index < -0.39 is 23.6 Å². The number of ether oxygens (including phenoxy) is 2. The number of hydrogen-bond donors (Lipinski definition) is 1. The summed E-state index contributed by atoms with van der Waals surface area (Å²) < 4.78 is 55.1. The average Bonchev–Trinajstić information content (AvgIpc) is 2.90. The van der Waals surface area contributed by atoms with Crippen LogP contribution in [-0.4, -0.2) is 11.7 Å². The maximum atomic E-state index is 14.9. The Morgan fingerprint density at radius 2 is 1.32 bits per heavy atom. The Labute approximate surface area is 215 Å². The van der Waals surface area contributed by atoms with E-state index in [4.69, 9.17) is 9.47 Å². The highest BCUT2D eigenvalue weighted by atomic mass is 19.2. The van der Waals surface area contributed by atoms with Crippen molar-refractivity contribution in [3.63, 3.8) is 0 Å². The molecule has 0 aromatic heterocycles. The van der Waals surface area contributed by atoms with Crippen LogP contribution in [0.4, 0.5) is 13.2 Å². The van der Waals surface area contributed by atoms with Gasteiger partial charge >= 0.3 is 0 Å². The van der Waals surface area contributed by atoms with Gasteiger partial charge in [0.05, 0.1) is 12.7 Å². The van der Waals surface area contributed by atoms with Crippen molar-refractivity contribution >= 4 is 0 Å². The van der Waals surface area contributed by atoms with Gasteiger partial charge in [-0.3, -0.25) is 0 Å². The predicted molar refractivity (Wildman–Crippen MR) is 139 cm³/mol. The van der Waals surface area contributed by atoms with Crippen LogP contribution in [-0.2, 0) is 6.61 Å². The van der Waals surface area contributed by atoms with E-state index in [9.17, 15) is 18.3 Å². The van der Waals surface area contributed by atoms with E-state index in [0.29, 0.717) is 41.2 Å². The zero-order valence-electron chi connectivity index (χ0n) is 20.8. The van der Waals surface area contributed by atoms with E-state index >= 15 is 0 Å². The minimum atomic E-state index is -0.972. The standard InChI is InChI=1S/C31H29F3O3/c1-3-5-29(35)22-8-6-21(7-9-22)27-16-12-23(30(33)31(27)34)19-37-24-13-10-20(11-14-24)26-17-15-25(36-4-2)18-28(26)32/h6-18,29,35H,3-5,19H2,1-2H3. The summed E-state index contributed by atoms with van der Waals surface area (Å²) in [5.41, 5.74) is 2.56. The van der Waals surface area contributed by atoms with Crippen LogP contribution in [0.25, 0.3) is 22.3 Å². The topological polar surface area (TPSA) is 38.7 Å². The Kier molecular flexibility index (Phi) is 8.51. The van der Waals surface area contributed by atoms with E-state index in [-0.39, 0.29) is 17.7 Å². The Morgan fingerprint density at radius 1 is 0.703 bits per heavy atom. The summed E-state index contributed by atoms with van der Waals surface area (Å²) in [4.78, 5) is 0. The molecule has 0 heterocycles. The molecule has 192 valence electrons. The maximum Gasteiger partial charge on any atom is 0.167 e. The summed E-state index contributed by atoms with van der Waals surface area (Å²) in [5.74, 6) is -1.42. The molecular weight excluding hydrogens is 477 g/mol. The number of benzene rings is 4. The summed E-state index contributed by atoms with van der Waals surface area (Å²) >= 11 is 0. The largest absolute Gasteiger partial charge is 0.494 e. The molecule has 6 heteroatoms. The van der Waals surface area contributed by atoms with Crippen LogP contribution < -0.4 is 9.47 Å². The summed E-state index contributed by atoms with van der Waals surface area (Å²) in [5, 5.41) is 10.1. The first-order valence-electron chi connectivity index (χ1n) is 12.3. The molecule has 1 N–H and O–H groups in total.